The maximum absolute atomic E-state index is 9.74. The maximum Gasteiger partial charge on any atom is 0.0992 e. The number of rotatable bonds is 2. The molecule has 0 aliphatic heterocycles. The fourth-order valence-corrected chi connectivity index (χ4v) is 7.85. The first-order valence-electron chi connectivity index (χ1n) is 14.1. The second-order valence-corrected chi connectivity index (χ2v) is 11.9. The molecule has 0 N–H and O–H groups in total. The number of fused-ring (bicyclic) bond motifs is 9. The van der Waals surface area contributed by atoms with Crippen molar-refractivity contribution >= 4 is 75.1 Å². The van der Waals surface area contributed by atoms with Crippen LogP contribution in [0.5, 0.6) is 0 Å². The van der Waals surface area contributed by atoms with E-state index in [0.29, 0.717) is 11.1 Å². The minimum Gasteiger partial charge on any atom is -0.309 e. The standard InChI is InChI=1S/C38H20N4S/c39-21-23-12-15-28-26-6-1-3-8-31(26)41(34(28)18-23)25-14-17-36-30(20-25)38-33(10-5-11-37(38)43-36)42-32-9-4-2-7-27(32)29-16-13-24(22-40)19-35(29)42/h1-20H. The van der Waals surface area contributed by atoms with Crippen LogP contribution in [0.2, 0.25) is 0 Å². The van der Waals surface area contributed by atoms with Crippen molar-refractivity contribution in [3.05, 3.63) is 132 Å². The van der Waals surface area contributed by atoms with E-state index in [1.54, 1.807) is 11.3 Å². The molecule has 9 aromatic rings. The van der Waals surface area contributed by atoms with Crippen LogP contribution in [0, 0.1) is 22.7 Å². The van der Waals surface area contributed by atoms with Crippen molar-refractivity contribution in [2.24, 2.45) is 0 Å². The Morgan fingerprint density at radius 1 is 0.465 bits per heavy atom. The van der Waals surface area contributed by atoms with E-state index in [9.17, 15) is 10.5 Å². The number of nitrogens with zero attached hydrogens (tertiary/aromatic N) is 4. The molecule has 0 atom stereocenters. The normalized spacial score (nSPS) is 11.7. The summed E-state index contributed by atoms with van der Waals surface area (Å²) in [5.74, 6) is 0. The smallest absolute Gasteiger partial charge is 0.0992 e. The lowest BCUT2D eigenvalue weighted by atomic mass is 10.1. The largest absolute Gasteiger partial charge is 0.309 e. The highest BCUT2D eigenvalue weighted by atomic mass is 32.1. The molecule has 9 rings (SSSR count). The fraction of sp³-hybridized carbons (Fsp3) is 0. The lowest BCUT2D eigenvalue weighted by Crippen LogP contribution is -1.96. The Morgan fingerprint density at radius 3 is 1.74 bits per heavy atom. The molecule has 0 radical (unpaired) electrons. The van der Waals surface area contributed by atoms with E-state index in [2.05, 4.69) is 118 Å². The molecule has 198 valence electrons. The predicted molar refractivity (Wildman–Crippen MR) is 177 cm³/mol. The van der Waals surface area contributed by atoms with Gasteiger partial charge in [0, 0.05) is 47.4 Å². The number of hydrogen-bond acceptors (Lipinski definition) is 3. The van der Waals surface area contributed by atoms with E-state index in [-0.39, 0.29) is 0 Å². The Morgan fingerprint density at radius 2 is 1.07 bits per heavy atom. The number of aromatic nitrogens is 2. The van der Waals surface area contributed by atoms with Crippen LogP contribution in [-0.2, 0) is 0 Å². The summed E-state index contributed by atoms with van der Waals surface area (Å²) in [6.07, 6.45) is 0. The Kier molecular flexibility index (Phi) is 4.87. The average molecular weight is 565 g/mol. The highest BCUT2D eigenvalue weighted by Gasteiger charge is 2.19. The van der Waals surface area contributed by atoms with Gasteiger partial charge < -0.3 is 9.13 Å². The summed E-state index contributed by atoms with van der Waals surface area (Å²) in [7, 11) is 0. The van der Waals surface area contributed by atoms with Gasteiger partial charge in [0.2, 0.25) is 0 Å². The molecular weight excluding hydrogens is 545 g/mol. The van der Waals surface area contributed by atoms with Gasteiger partial charge in [0.1, 0.15) is 0 Å². The van der Waals surface area contributed by atoms with Crippen molar-refractivity contribution in [3.8, 4) is 23.5 Å². The molecule has 43 heavy (non-hydrogen) atoms. The summed E-state index contributed by atoms with van der Waals surface area (Å²) < 4.78 is 7.01. The van der Waals surface area contributed by atoms with Crippen LogP contribution in [0.3, 0.4) is 0 Å². The zero-order valence-corrected chi connectivity index (χ0v) is 23.6. The van der Waals surface area contributed by atoms with Crippen molar-refractivity contribution in [2.45, 2.75) is 0 Å². The lowest BCUT2D eigenvalue weighted by molar-refractivity contribution is 1.18. The molecule has 3 aromatic heterocycles. The molecule has 0 spiro atoms. The van der Waals surface area contributed by atoms with Gasteiger partial charge in [-0.05, 0) is 66.7 Å². The van der Waals surface area contributed by atoms with Gasteiger partial charge in [-0.3, -0.25) is 0 Å². The minimum absolute atomic E-state index is 0.643. The van der Waals surface area contributed by atoms with Gasteiger partial charge in [0.05, 0.1) is 51.0 Å². The summed E-state index contributed by atoms with van der Waals surface area (Å²) >= 11 is 1.79. The molecule has 4 nitrogen and oxygen atoms in total. The zero-order chi connectivity index (χ0) is 28.7. The lowest BCUT2D eigenvalue weighted by Gasteiger charge is -2.12. The van der Waals surface area contributed by atoms with Gasteiger partial charge in [0.25, 0.3) is 0 Å². The molecule has 0 aliphatic rings. The summed E-state index contributed by atoms with van der Waals surface area (Å²) in [5, 5.41) is 26.4. The van der Waals surface area contributed by atoms with Gasteiger partial charge in [-0.2, -0.15) is 10.5 Å². The number of hydrogen-bond donors (Lipinski definition) is 0. The first kappa shape index (κ1) is 23.8. The van der Waals surface area contributed by atoms with E-state index in [1.165, 1.54) is 20.2 Å². The van der Waals surface area contributed by atoms with E-state index in [4.69, 9.17) is 0 Å². The molecule has 0 saturated carbocycles. The van der Waals surface area contributed by atoms with Crippen LogP contribution in [0.15, 0.2) is 121 Å². The van der Waals surface area contributed by atoms with Gasteiger partial charge in [-0.15, -0.1) is 11.3 Å². The summed E-state index contributed by atoms with van der Waals surface area (Å²) in [5.41, 5.74) is 7.70. The Hall–Kier alpha value is -5.88. The van der Waals surface area contributed by atoms with Gasteiger partial charge in [0.15, 0.2) is 0 Å². The van der Waals surface area contributed by atoms with Crippen LogP contribution < -0.4 is 0 Å². The third-order valence-corrected chi connectivity index (χ3v) is 9.70. The molecule has 0 saturated heterocycles. The molecule has 0 amide bonds. The Balaban J connectivity index is 1.39. The maximum atomic E-state index is 9.74. The van der Waals surface area contributed by atoms with E-state index < -0.39 is 0 Å². The van der Waals surface area contributed by atoms with Crippen LogP contribution in [-0.4, -0.2) is 9.13 Å². The predicted octanol–water partition coefficient (Wildman–Crippen LogP) is 9.99. The average Bonchev–Trinajstić information content (AvgIpc) is 3.71. The van der Waals surface area contributed by atoms with Crippen molar-refractivity contribution in [2.75, 3.05) is 0 Å². The molecule has 0 unspecified atom stereocenters. The molecule has 0 bridgehead atoms. The van der Waals surface area contributed by atoms with E-state index in [1.807, 2.05) is 24.3 Å². The van der Waals surface area contributed by atoms with Crippen LogP contribution in [0.25, 0.3) is 75.2 Å². The van der Waals surface area contributed by atoms with Crippen LogP contribution >= 0.6 is 11.3 Å². The number of benzene rings is 6. The Labute approximate surface area is 250 Å². The second-order valence-electron chi connectivity index (χ2n) is 10.8. The number of para-hydroxylation sites is 2. The SMILES string of the molecule is N#Cc1ccc2c3ccccc3n(-c3ccc4sc5cccc(-n6c7ccccc7c7ccc(C#N)cc76)c5c4c3)c2c1. The number of thiophene rings is 1. The van der Waals surface area contributed by atoms with Crippen molar-refractivity contribution < 1.29 is 0 Å². The molecule has 3 heterocycles. The minimum atomic E-state index is 0.643. The Bertz CT molecular complexity index is 2710. The van der Waals surface area contributed by atoms with E-state index in [0.717, 1.165) is 55.0 Å². The van der Waals surface area contributed by atoms with Crippen molar-refractivity contribution in [3.63, 3.8) is 0 Å². The third kappa shape index (κ3) is 3.29. The molecule has 0 aliphatic carbocycles. The zero-order valence-electron chi connectivity index (χ0n) is 22.7. The molecule has 6 aromatic carbocycles. The molecular formula is C38H20N4S. The van der Waals surface area contributed by atoms with Crippen molar-refractivity contribution in [1.29, 1.82) is 10.5 Å². The van der Waals surface area contributed by atoms with E-state index >= 15 is 0 Å². The molecule has 0 fully saturated rings. The van der Waals surface area contributed by atoms with Gasteiger partial charge >= 0.3 is 0 Å². The number of nitriles is 2. The monoisotopic (exact) mass is 564 g/mol. The fourth-order valence-electron chi connectivity index (χ4n) is 6.74. The quantitative estimate of drug-likeness (QED) is 0.210. The van der Waals surface area contributed by atoms with Crippen LogP contribution in [0.4, 0.5) is 0 Å². The highest BCUT2D eigenvalue weighted by molar-refractivity contribution is 7.25. The third-order valence-electron chi connectivity index (χ3n) is 8.56. The van der Waals surface area contributed by atoms with Crippen LogP contribution in [0.1, 0.15) is 11.1 Å². The van der Waals surface area contributed by atoms with Gasteiger partial charge in [-0.25, -0.2) is 0 Å². The summed E-state index contributed by atoms with van der Waals surface area (Å²) in [6.45, 7) is 0. The van der Waals surface area contributed by atoms with Gasteiger partial charge in [-0.1, -0.05) is 54.6 Å². The summed E-state index contributed by atoms with van der Waals surface area (Å²) in [6, 6.07) is 46.6. The van der Waals surface area contributed by atoms with Crippen molar-refractivity contribution in [1.82, 2.24) is 9.13 Å². The second kappa shape index (κ2) is 8.81. The summed E-state index contributed by atoms with van der Waals surface area (Å²) in [4.78, 5) is 0. The highest BCUT2D eigenvalue weighted by Crippen LogP contribution is 2.42. The first-order valence-corrected chi connectivity index (χ1v) is 14.9. The topological polar surface area (TPSA) is 57.4 Å². The first-order chi connectivity index (χ1) is 21.2. The molecule has 5 heteroatoms.